The van der Waals surface area contributed by atoms with E-state index in [4.69, 9.17) is 10.8 Å². The maximum absolute atomic E-state index is 11.6. The largest absolute Gasteiger partial charge is 0.481 e. The van der Waals surface area contributed by atoms with Gasteiger partial charge in [-0.15, -0.1) is 11.3 Å². The predicted molar refractivity (Wildman–Crippen MR) is 61.7 cm³/mol. The molecular weight excluding hydrogens is 244 g/mol. The van der Waals surface area contributed by atoms with Crippen molar-refractivity contribution in [2.75, 3.05) is 5.73 Å². The Labute approximate surface area is 99.0 Å². The number of thiazole rings is 1. The van der Waals surface area contributed by atoms with Crippen LogP contribution >= 0.6 is 11.3 Å². The topological polar surface area (TPSA) is 122 Å². The number of hydrogen-bond donors (Lipinski definition) is 3. The number of carboxylic acids is 1. The van der Waals surface area contributed by atoms with Gasteiger partial charge in [-0.1, -0.05) is 0 Å². The highest BCUT2D eigenvalue weighted by Gasteiger charge is 2.13. The van der Waals surface area contributed by atoms with Gasteiger partial charge < -0.3 is 15.8 Å². The molecule has 0 unspecified atom stereocenters. The van der Waals surface area contributed by atoms with Crippen LogP contribution in [-0.4, -0.2) is 26.0 Å². The molecule has 7 nitrogen and oxygen atoms in total. The van der Waals surface area contributed by atoms with Crippen LogP contribution in [-0.2, 0) is 11.2 Å². The lowest BCUT2D eigenvalue weighted by Gasteiger charge is -2.03. The number of hydrogen-bond acceptors (Lipinski definition) is 6. The third-order valence-electron chi connectivity index (χ3n) is 2.04. The molecule has 2 aromatic rings. The normalized spacial score (nSPS) is 10.4. The second kappa shape index (κ2) is 4.34. The number of carbonyl (C=O) groups is 1. The van der Waals surface area contributed by atoms with Gasteiger partial charge in [-0.2, -0.15) is 0 Å². The molecule has 17 heavy (non-hydrogen) atoms. The molecule has 88 valence electrons. The summed E-state index contributed by atoms with van der Waals surface area (Å²) in [5.41, 5.74) is 6.59. The lowest BCUT2D eigenvalue weighted by Crippen LogP contribution is -2.20. The molecule has 0 saturated carbocycles. The van der Waals surface area contributed by atoms with Gasteiger partial charge in [0.15, 0.2) is 5.82 Å². The third-order valence-corrected chi connectivity index (χ3v) is 2.82. The average molecular weight is 252 g/mol. The van der Waals surface area contributed by atoms with Crippen LogP contribution in [0.25, 0.3) is 10.7 Å². The minimum absolute atomic E-state index is 0.0363. The van der Waals surface area contributed by atoms with E-state index in [1.807, 2.05) is 0 Å². The fourth-order valence-electron chi connectivity index (χ4n) is 1.29. The first-order valence-corrected chi connectivity index (χ1v) is 5.45. The minimum Gasteiger partial charge on any atom is -0.481 e. The molecule has 0 aliphatic carbocycles. The number of carboxylic acid groups (broad SMARTS) is 1. The molecule has 0 aliphatic rings. The van der Waals surface area contributed by atoms with Gasteiger partial charge in [-0.25, -0.2) is 4.98 Å². The summed E-state index contributed by atoms with van der Waals surface area (Å²) < 4.78 is 0. The van der Waals surface area contributed by atoms with Gasteiger partial charge in [0.2, 0.25) is 0 Å². The summed E-state index contributed by atoms with van der Waals surface area (Å²) in [7, 11) is 0. The maximum Gasteiger partial charge on any atom is 0.308 e. The third kappa shape index (κ3) is 2.31. The Balaban J connectivity index is 2.49. The van der Waals surface area contributed by atoms with Gasteiger partial charge in [0.25, 0.3) is 5.56 Å². The van der Waals surface area contributed by atoms with Crippen molar-refractivity contribution in [1.82, 2.24) is 15.0 Å². The molecule has 0 radical (unpaired) electrons. The lowest BCUT2D eigenvalue weighted by atomic mass is 10.2. The van der Waals surface area contributed by atoms with Crippen molar-refractivity contribution >= 4 is 23.1 Å². The Hall–Kier alpha value is -2.22. The molecule has 0 bridgehead atoms. The summed E-state index contributed by atoms with van der Waals surface area (Å²) in [5.74, 6) is -0.904. The fourth-order valence-corrected chi connectivity index (χ4v) is 1.85. The van der Waals surface area contributed by atoms with Gasteiger partial charge in [-0.3, -0.25) is 14.6 Å². The molecule has 2 rings (SSSR count). The smallest absolute Gasteiger partial charge is 0.308 e. The van der Waals surface area contributed by atoms with Crippen LogP contribution in [0.2, 0.25) is 0 Å². The van der Waals surface area contributed by atoms with E-state index in [0.717, 1.165) is 0 Å². The zero-order chi connectivity index (χ0) is 12.4. The van der Waals surface area contributed by atoms with Crippen LogP contribution in [0.4, 0.5) is 5.82 Å². The SMILES string of the molecule is Nc1nc(-c2cncs2)[nH]c(=O)c1CC(=O)O. The number of aromatic nitrogens is 3. The van der Waals surface area contributed by atoms with E-state index in [0.29, 0.717) is 10.7 Å². The maximum atomic E-state index is 11.6. The van der Waals surface area contributed by atoms with Crippen LogP contribution in [0.3, 0.4) is 0 Å². The average Bonchev–Trinajstić information content (AvgIpc) is 2.76. The highest BCUT2D eigenvalue weighted by Crippen LogP contribution is 2.19. The standard InChI is InChI=1S/C9H8N4O3S/c10-7-4(1-6(14)15)9(16)13-8(12-7)5-2-11-3-17-5/h2-3H,1H2,(H,14,15)(H3,10,12,13,16). The highest BCUT2D eigenvalue weighted by molar-refractivity contribution is 7.13. The monoisotopic (exact) mass is 252 g/mol. The molecule has 0 spiro atoms. The predicted octanol–water partition coefficient (Wildman–Crippen LogP) is 0.103. The number of nitrogens with two attached hydrogens (primary N) is 1. The molecule has 0 amide bonds. The van der Waals surface area contributed by atoms with E-state index in [1.165, 1.54) is 11.3 Å². The van der Waals surface area contributed by atoms with Gasteiger partial charge in [0.05, 0.1) is 22.4 Å². The van der Waals surface area contributed by atoms with Crippen LogP contribution in [0.5, 0.6) is 0 Å². The van der Waals surface area contributed by atoms with Crippen molar-refractivity contribution in [3.63, 3.8) is 0 Å². The van der Waals surface area contributed by atoms with Gasteiger partial charge >= 0.3 is 5.97 Å². The number of anilines is 1. The first-order chi connectivity index (χ1) is 8.08. The van der Waals surface area contributed by atoms with Crippen LogP contribution < -0.4 is 11.3 Å². The summed E-state index contributed by atoms with van der Waals surface area (Å²) in [6.07, 6.45) is 1.09. The van der Waals surface area contributed by atoms with Crippen LogP contribution in [0, 0.1) is 0 Å². The first-order valence-electron chi connectivity index (χ1n) is 4.57. The van der Waals surface area contributed by atoms with Crippen molar-refractivity contribution < 1.29 is 9.90 Å². The Morgan fingerprint density at radius 1 is 1.59 bits per heavy atom. The summed E-state index contributed by atoms with van der Waals surface area (Å²) in [6.45, 7) is 0. The van der Waals surface area contributed by atoms with Gasteiger partial charge in [0.1, 0.15) is 5.82 Å². The van der Waals surface area contributed by atoms with Crippen molar-refractivity contribution in [2.24, 2.45) is 0 Å². The molecule has 0 aromatic carbocycles. The molecular formula is C9H8N4O3S. The lowest BCUT2D eigenvalue weighted by molar-refractivity contribution is -0.136. The number of aromatic amines is 1. The number of H-pyrrole nitrogens is 1. The molecule has 0 aliphatic heterocycles. The van der Waals surface area contributed by atoms with E-state index in [1.54, 1.807) is 11.7 Å². The van der Waals surface area contributed by atoms with Crippen molar-refractivity contribution in [1.29, 1.82) is 0 Å². The minimum atomic E-state index is -1.13. The number of nitrogens with zero attached hydrogens (tertiary/aromatic N) is 2. The van der Waals surface area contributed by atoms with E-state index in [2.05, 4.69) is 15.0 Å². The number of nitrogen functional groups attached to an aromatic ring is 1. The Morgan fingerprint density at radius 2 is 2.35 bits per heavy atom. The zero-order valence-electron chi connectivity index (χ0n) is 8.51. The van der Waals surface area contributed by atoms with E-state index in [9.17, 15) is 9.59 Å². The summed E-state index contributed by atoms with van der Waals surface area (Å²) >= 11 is 1.30. The second-order valence-corrected chi connectivity index (χ2v) is 4.10. The van der Waals surface area contributed by atoms with Crippen LogP contribution in [0.15, 0.2) is 16.5 Å². The Morgan fingerprint density at radius 3 is 2.88 bits per heavy atom. The van der Waals surface area contributed by atoms with Gasteiger partial charge in [0, 0.05) is 6.20 Å². The Kier molecular flexibility index (Phi) is 2.88. The summed E-state index contributed by atoms with van der Waals surface area (Å²) in [6, 6.07) is 0. The quantitative estimate of drug-likeness (QED) is 0.712. The molecule has 0 atom stereocenters. The first kappa shape index (κ1) is 11.3. The Bertz CT molecular complexity index is 605. The van der Waals surface area contributed by atoms with Crippen molar-refractivity contribution in [2.45, 2.75) is 6.42 Å². The van der Waals surface area contributed by atoms with Crippen molar-refractivity contribution in [3.05, 3.63) is 27.6 Å². The summed E-state index contributed by atoms with van der Waals surface area (Å²) in [5, 5.41) is 8.63. The highest BCUT2D eigenvalue weighted by atomic mass is 32.1. The van der Waals surface area contributed by atoms with Crippen LogP contribution in [0.1, 0.15) is 5.56 Å². The molecule has 0 saturated heterocycles. The number of nitrogens with one attached hydrogen (secondary N) is 1. The number of aliphatic carboxylic acids is 1. The molecule has 0 fully saturated rings. The second-order valence-electron chi connectivity index (χ2n) is 3.21. The number of rotatable bonds is 3. The summed E-state index contributed by atoms with van der Waals surface area (Å²) in [4.78, 5) is 33.1. The molecule has 4 N–H and O–H groups in total. The van der Waals surface area contributed by atoms with Crippen molar-refractivity contribution in [3.8, 4) is 10.7 Å². The molecule has 8 heteroatoms. The van der Waals surface area contributed by atoms with E-state index >= 15 is 0 Å². The fraction of sp³-hybridized carbons (Fsp3) is 0.111. The molecule has 2 heterocycles. The van der Waals surface area contributed by atoms with E-state index < -0.39 is 17.9 Å². The zero-order valence-corrected chi connectivity index (χ0v) is 9.32. The van der Waals surface area contributed by atoms with Gasteiger partial charge in [-0.05, 0) is 0 Å². The molecule has 2 aromatic heterocycles. The van der Waals surface area contributed by atoms with E-state index in [-0.39, 0.29) is 11.4 Å².